The number of aromatic nitrogens is 5. The van der Waals surface area contributed by atoms with Gasteiger partial charge < -0.3 is 4.90 Å². The zero-order valence-electron chi connectivity index (χ0n) is 13.9. The van der Waals surface area contributed by atoms with Gasteiger partial charge in [-0.3, -0.25) is 9.78 Å². The summed E-state index contributed by atoms with van der Waals surface area (Å²) in [5.41, 5.74) is 1.57. The molecule has 0 N–H and O–H groups in total. The van der Waals surface area contributed by atoms with Crippen LogP contribution in [0.3, 0.4) is 0 Å². The Labute approximate surface area is 149 Å². The fraction of sp³-hybridized carbons (Fsp3) is 0.353. The molecule has 128 valence electrons. The van der Waals surface area contributed by atoms with Gasteiger partial charge in [0.15, 0.2) is 0 Å². The second-order valence-corrected chi connectivity index (χ2v) is 7.23. The molecular formula is C17H18N6OS. The van der Waals surface area contributed by atoms with Gasteiger partial charge >= 0.3 is 0 Å². The van der Waals surface area contributed by atoms with Gasteiger partial charge in [0.1, 0.15) is 5.01 Å². The molecule has 1 aliphatic rings. The van der Waals surface area contributed by atoms with Gasteiger partial charge in [0.2, 0.25) is 5.13 Å². The van der Waals surface area contributed by atoms with Gasteiger partial charge in [-0.25, -0.2) is 4.68 Å². The standard InChI is InChI=1S/C17H18N6OS/c1-12-19-20-17(25-12)22-9-3-5-14(22)11-23-16(24)7-6-15(21-23)13-4-2-8-18-10-13/h2,4,6-8,10,14H,3,5,9,11H2,1H3. The zero-order valence-corrected chi connectivity index (χ0v) is 14.7. The Hall–Kier alpha value is -2.61. The fourth-order valence-corrected chi connectivity index (χ4v) is 3.91. The van der Waals surface area contributed by atoms with Crippen LogP contribution in [0, 0.1) is 6.92 Å². The van der Waals surface area contributed by atoms with Gasteiger partial charge in [-0.05, 0) is 38.0 Å². The van der Waals surface area contributed by atoms with Crippen LogP contribution >= 0.6 is 11.3 Å². The Kier molecular flexibility index (Phi) is 4.27. The van der Waals surface area contributed by atoms with Crippen molar-refractivity contribution < 1.29 is 0 Å². The molecule has 7 nitrogen and oxygen atoms in total. The lowest BCUT2D eigenvalue weighted by Crippen LogP contribution is -2.37. The molecule has 0 bridgehead atoms. The maximum atomic E-state index is 12.3. The third-order valence-corrected chi connectivity index (χ3v) is 5.22. The van der Waals surface area contributed by atoms with Gasteiger partial charge in [0.05, 0.1) is 18.3 Å². The second-order valence-electron chi connectivity index (χ2n) is 6.07. The van der Waals surface area contributed by atoms with Crippen LogP contribution in [0.25, 0.3) is 11.3 Å². The van der Waals surface area contributed by atoms with Crippen molar-refractivity contribution in [3.8, 4) is 11.3 Å². The van der Waals surface area contributed by atoms with E-state index in [4.69, 9.17) is 0 Å². The molecule has 1 saturated heterocycles. The van der Waals surface area contributed by atoms with Crippen molar-refractivity contribution >= 4 is 16.5 Å². The highest BCUT2D eigenvalue weighted by molar-refractivity contribution is 7.15. The summed E-state index contributed by atoms with van der Waals surface area (Å²) in [5, 5.41) is 14.8. The first-order chi connectivity index (χ1) is 12.2. The van der Waals surface area contributed by atoms with Gasteiger partial charge in [-0.1, -0.05) is 11.3 Å². The molecule has 0 spiro atoms. The molecule has 1 aliphatic heterocycles. The van der Waals surface area contributed by atoms with E-state index in [-0.39, 0.29) is 11.6 Å². The minimum absolute atomic E-state index is 0.0899. The van der Waals surface area contributed by atoms with E-state index in [1.807, 2.05) is 19.1 Å². The lowest BCUT2D eigenvalue weighted by atomic mass is 10.2. The normalized spacial score (nSPS) is 17.2. The van der Waals surface area contributed by atoms with Crippen molar-refractivity contribution in [1.29, 1.82) is 0 Å². The van der Waals surface area contributed by atoms with E-state index in [2.05, 4.69) is 25.2 Å². The van der Waals surface area contributed by atoms with Crippen molar-refractivity contribution in [1.82, 2.24) is 25.0 Å². The van der Waals surface area contributed by atoms with Crippen LogP contribution in [-0.4, -0.2) is 37.5 Å². The summed E-state index contributed by atoms with van der Waals surface area (Å²) < 4.78 is 1.55. The van der Waals surface area contributed by atoms with Crippen LogP contribution in [-0.2, 0) is 6.54 Å². The summed E-state index contributed by atoms with van der Waals surface area (Å²) in [5.74, 6) is 0. The molecule has 4 heterocycles. The molecule has 0 saturated carbocycles. The van der Waals surface area contributed by atoms with E-state index in [1.54, 1.807) is 40.5 Å². The first-order valence-corrected chi connectivity index (χ1v) is 9.08. The molecule has 3 aromatic heterocycles. The van der Waals surface area contributed by atoms with E-state index < -0.39 is 0 Å². The Bertz CT molecular complexity index is 922. The zero-order chi connectivity index (χ0) is 17.2. The average molecular weight is 354 g/mol. The summed E-state index contributed by atoms with van der Waals surface area (Å²) in [6, 6.07) is 7.33. The Morgan fingerprint density at radius 3 is 2.96 bits per heavy atom. The maximum absolute atomic E-state index is 12.3. The number of pyridine rings is 1. The SMILES string of the molecule is Cc1nnc(N2CCCC2Cn2nc(-c3cccnc3)ccc2=O)s1. The Morgan fingerprint density at radius 2 is 2.20 bits per heavy atom. The first-order valence-electron chi connectivity index (χ1n) is 8.26. The second kappa shape index (κ2) is 6.72. The highest BCUT2D eigenvalue weighted by Crippen LogP contribution is 2.28. The quantitative estimate of drug-likeness (QED) is 0.714. The van der Waals surface area contributed by atoms with Crippen molar-refractivity contribution in [3.63, 3.8) is 0 Å². The molecule has 0 aromatic carbocycles. The topological polar surface area (TPSA) is 76.8 Å². The lowest BCUT2D eigenvalue weighted by molar-refractivity contribution is 0.489. The minimum atomic E-state index is -0.0899. The molecule has 8 heteroatoms. The lowest BCUT2D eigenvalue weighted by Gasteiger charge is -2.23. The third kappa shape index (κ3) is 3.30. The number of hydrogen-bond donors (Lipinski definition) is 0. The molecule has 1 unspecified atom stereocenters. The molecule has 0 amide bonds. The maximum Gasteiger partial charge on any atom is 0.266 e. The predicted molar refractivity (Wildman–Crippen MR) is 96.7 cm³/mol. The number of rotatable bonds is 4. The molecule has 4 rings (SSSR count). The molecule has 1 fully saturated rings. The highest BCUT2D eigenvalue weighted by atomic mass is 32.1. The van der Waals surface area contributed by atoms with E-state index in [9.17, 15) is 4.79 Å². The number of anilines is 1. The third-order valence-electron chi connectivity index (χ3n) is 4.35. The van der Waals surface area contributed by atoms with Crippen molar-refractivity contribution in [2.24, 2.45) is 0 Å². The number of aryl methyl sites for hydroxylation is 1. The smallest absolute Gasteiger partial charge is 0.266 e. The van der Waals surface area contributed by atoms with Gasteiger partial charge in [-0.2, -0.15) is 5.10 Å². The number of nitrogens with zero attached hydrogens (tertiary/aromatic N) is 6. The summed E-state index contributed by atoms with van der Waals surface area (Å²) in [7, 11) is 0. The van der Waals surface area contributed by atoms with E-state index in [1.165, 1.54) is 0 Å². The summed E-state index contributed by atoms with van der Waals surface area (Å²) in [4.78, 5) is 18.6. The van der Waals surface area contributed by atoms with Crippen LogP contribution in [0.4, 0.5) is 5.13 Å². The monoisotopic (exact) mass is 354 g/mol. The predicted octanol–water partition coefficient (Wildman–Crippen LogP) is 2.13. The molecule has 0 aliphatic carbocycles. The van der Waals surface area contributed by atoms with Crippen LogP contribution in [0.15, 0.2) is 41.5 Å². The molecular weight excluding hydrogens is 336 g/mol. The van der Waals surface area contributed by atoms with Crippen molar-refractivity contribution in [3.05, 3.63) is 52.0 Å². The van der Waals surface area contributed by atoms with E-state index in [0.29, 0.717) is 6.54 Å². The summed E-state index contributed by atoms with van der Waals surface area (Å²) >= 11 is 1.59. The van der Waals surface area contributed by atoms with E-state index in [0.717, 1.165) is 40.8 Å². The molecule has 1 atom stereocenters. The van der Waals surface area contributed by atoms with Crippen LogP contribution in [0.1, 0.15) is 17.8 Å². The Balaban J connectivity index is 1.60. The largest absolute Gasteiger partial charge is 0.342 e. The summed E-state index contributed by atoms with van der Waals surface area (Å²) in [6.45, 7) is 3.44. The fourth-order valence-electron chi connectivity index (χ4n) is 3.13. The van der Waals surface area contributed by atoms with Gasteiger partial charge in [0, 0.05) is 30.6 Å². The average Bonchev–Trinajstić information content (AvgIpc) is 3.26. The van der Waals surface area contributed by atoms with Crippen LogP contribution < -0.4 is 10.5 Å². The molecule has 25 heavy (non-hydrogen) atoms. The summed E-state index contributed by atoms with van der Waals surface area (Å²) in [6.07, 6.45) is 5.58. The van der Waals surface area contributed by atoms with E-state index >= 15 is 0 Å². The highest BCUT2D eigenvalue weighted by Gasteiger charge is 2.28. The molecule has 0 radical (unpaired) electrons. The van der Waals surface area contributed by atoms with Gasteiger partial charge in [-0.15, -0.1) is 10.2 Å². The first kappa shape index (κ1) is 15.9. The number of hydrogen-bond acceptors (Lipinski definition) is 7. The minimum Gasteiger partial charge on any atom is -0.342 e. The molecule has 3 aromatic rings. The van der Waals surface area contributed by atoms with Crippen molar-refractivity contribution in [2.75, 3.05) is 11.4 Å². The van der Waals surface area contributed by atoms with Crippen molar-refractivity contribution in [2.45, 2.75) is 32.4 Å². The van der Waals surface area contributed by atoms with Crippen LogP contribution in [0.2, 0.25) is 0 Å². The van der Waals surface area contributed by atoms with Crippen LogP contribution in [0.5, 0.6) is 0 Å². The van der Waals surface area contributed by atoms with Gasteiger partial charge in [0.25, 0.3) is 5.56 Å². The Morgan fingerprint density at radius 1 is 1.28 bits per heavy atom.